The van der Waals surface area contributed by atoms with E-state index < -0.39 is 0 Å². The highest BCUT2D eigenvalue weighted by molar-refractivity contribution is 7.71. The van der Waals surface area contributed by atoms with Crippen LogP contribution < -0.4 is 15.8 Å². The molecular weight excluding hydrogens is 424 g/mol. The van der Waals surface area contributed by atoms with Crippen LogP contribution in [0.15, 0.2) is 47.3 Å². The number of anilines is 1. The van der Waals surface area contributed by atoms with Crippen molar-refractivity contribution in [1.29, 1.82) is 0 Å². The Bertz CT molecular complexity index is 1250. The molecular formula is C24H28N4O3S. The van der Waals surface area contributed by atoms with E-state index in [2.05, 4.69) is 40.3 Å². The summed E-state index contributed by atoms with van der Waals surface area (Å²) in [6, 6.07) is 13.9. The van der Waals surface area contributed by atoms with Gasteiger partial charge in [-0.05, 0) is 61.8 Å². The minimum atomic E-state index is -0.171. The van der Waals surface area contributed by atoms with E-state index in [4.69, 9.17) is 17.0 Å². The van der Waals surface area contributed by atoms with E-state index in [9.17, 15) is 9.59 Å². The van der Waals surface area contributed by atoms with Gasteiger partial charge in [0.25, 0.3) is 11.5 Å². The fraction of sp³-hybridized carbons (Fsp3) is 0.375. The zero-order valence-electron chi connectivity index (χ0n) is 18.4. The molecule has 2 aromatic carbocycles. The molecule has 4 rings (SSSR count). The number of aromatic nitrogens is 2. The van der Waals surface area contributed by atoms with Gasteiger partial charge in [0.2, 0.25) is 0 Å². The molecule has 0 fully saturated rings. The molecule has 3 aromatic rings. The van der Waals surface area contributed by atoms with Crippen LogP contribution in [0.3, 0.4) is 0 Å². The fourth-order valence-electron chi connectivity index (χ4n) is 4.33. The second-order valence-electron chi connectivity index (χ2n) is 8.12. The number of hydrogen-bond donors (Lipinski definition) is 2. The number of carbonyl (C=O) groups is 1. The van der Waals surface area contributed by atoms with E-state index in [-0.39, 0.29) is 11.5 Å². The molecule has 0 saturated carbocycles. The summed E-state index contributed by atoms with van der Waals surface area (Å²) in [5.41, 5.74) is 3.50. The Hall–Kier alpha value is -2.97. The van der Waals surface area contributed by atoms with E-state index in [1.165, 1.54) is 15.8 Å². The molecule has 1 aromatic heterocycles. The van der Waals surface area contributed by atoms with Crippen molar-refractivity contribution >= 4 is 34.7 Å². The number of hydrogen-bond acceptors (Lipinski definition) is 5. The number of benzene rings is 2. The van der Waals surface area contributed by atoms with Gasteiger partial charge in [-0.15, -0.1) is 0 Å². The summed E-state index contributed by atoms with van der Waals surface area (Å²) in [4.78, 5) is 31.0. The number of H-pyrrole nitrogens is 1. The minimum absolute atomic E-state index is 0.159. The molecule has 168 valence electrons. The van der Waals surface area contributed by atoms with Gasteiger partial charge in [-0.1, -0.05) is 18.2 Å². The third-order valence-corrected chi connectivity index (χ3v) is 6.28. The van der Waals surface area contributed by atoms with Crippen LogP contribution in [0.4, 0.5) is 5.69 Å². The maximum Gasteiger partial charge on any atom is 0.262 e. The van der Waals surface area contributed by atoms with Crippen molar-refractivity contribution in [3.05, 3.63) is 68.7 Å². The number of nitrogens with zero attached hydrogens (tertiary/aromatic N) is 2. The van der Waals surface area contributed by atoms with Gasteiger partial charge in [0.1, 0.15) is 0 Å². The van der Waals surface area contributed by atoms with E-state index >= 15 is 0 Å². The second-order valence-corrected chi connectivity index (χ2v) is 8.51. The predicted octanol–water partition coefficient (Wildman–Crippen LogP) is 3.28. The van der Waals surface area contributed by atoms with Crippen LogP contribution in [0.2, 0.25) is 0 Å². The van der Waals surface area contributed by atoms with Gasteiger partial charge < -0.3 is 19.9 Å². The van der Waals surface area contributed by atoms with Crippen molar-refractivity contribution in [2.24, 2.45) is 0 Å². The van der Waals surface area contributed by atoms with Gasteiger partial charge >= 0.3 is 0 Å². The van der Waals surface area contributed by atoms with Crippen LogP contribution in [-0.4, -0.2) is 48.3 Å². The van der Waals surface area contributed by atoms with Crippen molar-refractivity contribution in [3.63, 3.8) is 0 Å². The largest absolute Gasteiger partial charge is 0.385 e. The Morgan fingerprint density at radius 1 is 1.25 bits per heavy atom. The molecule has 32 heavy (non-hydrogen) atoms. The lowest BCUT2D eigenvalue weighted by Gasteiger charge is -2.25. The average Bonchev–Trinajstić information content (AvgIpc) is 3.10. The standard InChI is InChI=1S/C24H28N4O3S/c1-16-14-17-6-3-4-7-21(17)27(16)12-10-25-22(29)18-8-9-19-20(15-18)26-24(32)28(23(19)30)11-5-13-31-2/h3-4,6-9,15-16H,5,10-14H2,1-2H3,(H,25,29)(H,26,32). The number of ether oxygens (including phenoxy) is 1. The van der Waals surface area contributed by atoms with Crippen molar-refractivity contribution in [1.82, 2.24) is 14.9 Å². The molecule has 0 radical (unpaired) electrons. The van der Waals surface area contributed by atoms with Gasteiger partial charge in [-0.25, -0.2) is 0 Å². The third-order valence-electron chi connectivity index (χ3n) is 5.96. The highest BCUT2D eigenvalue weighted by atomic mass is 32.1. The smallest absolute Gasteiger partial charge is 0.262 e. The maximum atomic E-state index is 12.8. The zero-order valence-corrected chi connectivity index (χ0v) is 19.2. The van der Waals surface area contributed by atoms with Gasteiger partial charge in [0.15, 0.2) is 4.77 Å². The van der Waals surface area contributed by atoms with E-state index in [1.807, 2.05) is 6.07 Å². The first-order valence-corrected chi connectivity index (χ1v) is 11.3. The molecule has 1 atom stereocenters. The highest BCUT2D eigenvalue weighted by Crippen LogP contribution is 2.31. The fourth-order valence-corrected chi connectivity index (χ4v) is 4.61. The number of methoxy groups -OCH3 is 1. The topological polar surface area (TPSA) is 79.4 Å². The molecule has 0 bridgehead atoms. The Labute approximate surface area is 192 Å². The summed E-state index contributed by atoms with van der Waals surface area (Å²) in [5, 5.41) is 3.51. The molecule has 0 spiro atoms. The first-order valence-electron chi connectivity index (χ1n) is 10.9. The molecule has 2 N–H and O–H groups in total. The lowest BCUT2D eigenvalue weighted by atomic mass is 10.1. The Morgan fingerprint density at radius 3 is 2.88 bits per heavy atom. The Kier molecular flexibility index (Phi) is 6.72. The lowest BCUT2D eigenvalue weighted by molar-refractivity contribution is 0.0954. The molecule has 1 amide bonds. The van der Waals surface area contributed by atoms with Gasteiger partial charge in [0.05, 0.1) is 10.9 Å². The maximum absolute atomic E-state index is 12.8. The monoisotopic (exact) mass is 452 g/mol. The number of amides is 1. The Morgan fingerprint density at radius 2 is 2.06 bits per heavy atom. The number of fused-ring (bicyclic) bond motifs is 2. The summed E-state index contributed by atoms with van der Waals surface area (Å²) in [6.45, 7) is 4.52. The van der Waals surface area contributed by atoms with Crippen molar-refractivity contribution in [3.8, 4) is 0 Å². The van der Waals surface area contributed by atoms with Gasteiger partial charge in [0, 0.05) is 50.6 Å². The number of para-hydroxylation sites is 1. The summed E-state index contributed by atoms with van der Waals surface area (Å²) >= 11 is 5.36. The highest BCUT2D eigenvalue weighted by Gasteiger charge is 2.25. The van der Waals surface area contributed by atoms with E-state index in [0.29, 0.717) is 53.4 Å². The van der Waals surface area contributed by atoms with E-state index in [1.54, 1.807) is 25.3 Å². The molecule has 8 heteroatoms. The van der Waals surface area contributed by atoms with Crippen molar-refractivity contribution in [2.75, 3.05) is 31.7 Å². The van der Waals surface area contributed by atoms with Crippen LogP contribution in [0.25, 0.3) is 10.9 Å². The summed E-state index contributed by atoms with van der Waals surface area (Å²) < 4.78 is 6.93. The molecule has 1 aliphatic rings. The molecule has 1 unspecified atom stereocenters. The predicted molar refractivity (Wildman–Crippen MR) is 129 cm³/mol. The summed E-state index contributed by atoms with van der Waals surface area (Å²) in [6.07, 6.45) is 1.72. The first kappa shape index (κ1) is 22.2. The van der Waals surface area contributed by atoms with Crippen LogP contribution >= 0.6 is 12.2 Å². The number of rotatable bonds is 8. The van der Waals surface area contributed by atoms with Crippen molar-refractivity contribution in [2.45, 2.75) is 32.4 Å². The molecule has 1 aliphatic heterocycles. The van der Waals surface area contributed by atoms with Gasteiger partial charge in [-0.2, -0.15) is 0 Å². The second kappa shape index (κ2) is 9.67. The normalized spacial score (nSPS) is 15.2. The Balaban J connectivity index is 1.44. The van der Waals surface area contributed by atoms with Gasteiger partial charge in [-0.3, -0.25) is 14.2 Å². The number of carbonyl (C=O) groups excluding carboxylic acids is 1. The lowest BCUT2D eigenvalue weighted by Crippen LogP contribution is -2.37. The summed E-state index contributed by atoms with van der Waals surface area (Å²) in [5.74, 6) is -0.171. The average molecular weight is 453 g/mol. The zero-order chi connectivity index (χ0) is 22.7. The van der Waals surface area contributed by atoms with Crippen LogP contribution in [-0.2, 0) is 17.7 Å². The molecule has 7 nitrogen and oxygen atoms in total. The van der Waals surface area contributed by atoms with Crippen LogP contribution in [0.5, 0.6) is 0 Å². The van der Waals surface area contributed by atoms with Crippen LogP contribution in [0, 0.1) is 4.77 Å². The van der Waals surface area contributed by atoms with Crippen LogP contribution in [0.1, 0.15) is 29.3 Å². The first-order chi connectivity index (χ1) is 15.5. The molecule has 0 aliphatic carbocycles. The molecule has 2 heterocycles. The SMILES string of the molecule is COCCCn1c(=S)[nH]c2cc(C(=O)NCCN3c4ccccc4CC3C)ccc2c1=O. The van der Waals surface area contributed by atoms with E-state index in [0.717, 1.165) is 13.0 Å². The quantitative estimate of drug-likeness (QED) is 0.405. The third kappa shape index (κ3) is 4.47. The number of aromatic amines is 1. The van der Waals surface area contributed by atoms with Crippen molar-refractivity contribution < 1.29 is 9.53 Å². The minimum Gasteiger partial charge on any atom is -0.385 e. The summed E-state index contributed by atoms with van der Waals surface area (Å²) in [7, 11) is 1.63. The molecule has 0 saturated heterocycles. The number of nitrogens with one attached hydrogen (secondary N) is 2.